The van der Waals surface area contributed by atoms with Crippen LogP contribution in [0.5, 0.6) is 0 Å². The molecule has 0 spiro atoms. The van der Waals surface area contributed by atoms with Crippen LogP contribution >= 0.6 is 23.2 Å². The van der Waals surface area contributed by atoms with Crippen LogP contribution in [0.2, 0.25) is 10.0 Å². The van der Waals surface area contributed by atoms with Crippen LogP contribution in [-0.2, 0) is 6.54 Å². The number of imidazole rings is 1. The highest BCUT2D eigenvalue weighted by Gasteiger charge is 2.09. The van der Waals surface area contributed by atoms with E-state index in [1.54, 1.807) is 29.1 Å². The number of hydrogen-bond donors (Lipinski definition) is 2. The molecular formula is C11H10Cl2N4O. The van der Waals surface area contributed by atoms with E-state index in [0.29, 0.717) is 22.4 Å². The van der Waals surface area contributed by atoms with Gasteiger partial charge in [0.05, 0.1) is 6.54 Å². The Morgan fingerprint density at radius 3 is 2.89 bits per heavy atom. The molecule has 5 nitrogen and oxygen atoms in total. The Hall–Kier alpha value is -1.72. The summed E-state index contributed by atoms with van der Waals surface area (Å²) < 4.78 is 1.73. The number of nitrogens with two attached hydrogens (primary N) is 1. The van der Waals surface area contributed by atoms with Crippen molar-refractivity contribution in [1.82, 2.24) is 9.55 Å². The lowest BCUT2D eigenvalue weighted by Crippen LogP contribution is -2.19. The van der Waals surface area contributed by atoms with Crippen LogP contribution in [0.15, 0.2) is 35.7 Å². The summed E-state index contributed by atoms with van der Waals surface area (Å²) in [7, 11) is 0. The van der Waals surface area contributed by atoms with Crippen molar-refractivity contribution in [2.75, 3.05) is 0 Å². The van der Waals surface area contributed by atoms with Crippen molar-refractivity contribution in [3.05, 3.63) is 52.0 Å². The normalized spacial score (nSPS) is 11.8. The van der Waals surface area contributed by atoms with E-state index < -0.39 is 0 Å². The summed E-state index contributed by atoms with van der Waals surface area (Å²) in [5, 5.41) is 12.7. The van der Waals surface area contributed by atoms with Crippen molar-refractivity contribution in [3.8, 4) is 0 Å². The molecule has 1 aromatic carbocycles. The number of aromatic nitrogens is 2. The number of rotatable bonds is 3. The first kappa shape index (κ1) is 12.7. The molecule has 0 aliphatic rings. The molecule has 2 aromatic rings. The smallest absolute Gasteiger partial charge is 0.206 e. The SMILES string of the molecule is NC(=NO)c1nccn1Cc1ccc(Cl)cc1Cl. The molecule has 1 heterocycles. The van der Waals surface area contributed by atoms with Crippen LogP contribution in [0.1, 0.15) is 11.4 Å². The van der Waals surface area contributed by atoms with E-state index in [1.807, 2.05) is 6.07 Å². The minimum Gasteiger partial charge on any atom is -0.409 e. The van der Waals surface area contributed by atoms with Gasteiger partial charge in [0.15, 0.2) is 5.82 Å². The van der Waals surface area contributed by atoms with E-state index in [-0.39, 0.29) is 5.84 Å². The molecule has 94 valence electrons. The van der Waals surface area contributed by atoms with E-state index in [0.717, 1.165) is 5.56 Å². The maximum Gasteiger partial charge on any atom is 0.206 e. The minimum absolute atomic E-state index is 0.0508. The Balaban J connectivity index is 2.32. The summed E-state index contributed by atoms with van der Waals surface area (Å²) in [4.78, 5) is 4.01. The van der Waals surface area contributed by atoms with Crippen LogP contribution in [0.25, 0.3) is 0 Å². The lowest BCUT2D eigenvalue weighted by Gasteiger charge is -2.08. The summed E-state index contributed by atoms with van der Waals surface area (Å²) in [5.74, 6) is 0.327. The van der Waals surface area contributed by atoms with Gasteiger partial charge in [-0.1, -0.05) is 34.4 Å². The summed E-state index contributed by atoms with van der Waals surface area (Å²) in [6, 6.07) is 5.24. The first-order valence-corrected chi connectivity index (χ1v) is 5.80. The van der Waals surface area contributed by atoms with Gasteiger partial charge >= 0.3 is 0 Å². The topological polar surface area (TPSA) is 76.4 Å². The molecule has 7 heteroatoms. The van der Waals surface area contributed by atoms with Gasteiger partial charge < -0.3 is 15.5 Å². The van der Waals surface area contributed by atoms with E-state index >= 15 is 0 Å². The summed E-state index contributed by atoms with van der Waals surface area (Å²) in [5.41, 5.74) is 6.38. The van der Waals surface area contributed by atoms with Gasteiger partial charge in [-0.3, -0.25) is 0 Å². The van der Waals surface area contributed by atoms with Crippen LogP contribution in [0.4, 0.5) is 0 Å². The van der Waals surface area contributed by atoms with Crippen LogP contribution in [0, 0.1) is 0 Å². The van der Waals surface area contributed by atoms with Gasteiger partial charge in [-0.25, -0.2) is 4.98 Å². The Bertz CT molecular complexity index is 594. The summed E-state index contributed by atoms with van der Waals surface area (Å²) >= 11 is 11.9. The van der Waals surface area contributed by atoms with E-state index in [4.69, 9.17) is 34.1 Å². The zero-order valence-corrected chi connectivity index (χ0v) is 10.7. The fourth-order valence-electron chi connectivity index (χ4n) is 1.55. The zero-order valence-electron chi connectivity index (χ0n) is 9.22. The fourth-order valence-corrected chi connectivity index (χ4v) is 2.02. The standard InChI is InChI=1S/C11H10Cl2N4O/c12-8-2-1-7(9(13)5-8)6-17-4-3-15-11(17)10(14)16-18/h1-5,18H,6H2,(H2,14,16). The van der Waals surface area contributed by atoms with E-state index in [1.165, 1.54) is 0 Å². The molecule has 0 bridgehead atoms. The van der Waals surface area contributed by atoms with Gasteiger partial charge in [0.25, 0.3) is 0 Å². The molecule has 0 radical (unpaired) electrons. The van der Waals surface area contributed by atoms with Gasteiger partial charge in [-0.05, 0) is 17.7 Å². The largest absolute Gasteiger partial charge is 0.409 e. The second kappa shape index (κ2) is 5.29. The zero-order chi connectivity index (χ0) is 13.1. The summed E-state index contributed by atoms with van der Waals surface area (Å²) in [6.45, 7) is 0.460. The summed E-state index contributed by atoms with van der Waals surface area (Å²) in [6.07, 6.45) is 3.29. The van der Waals surface area contributed by atoms with Gasteiger partial charge in [0.1, 0.15) is 0 Å². The number of benzene rings is 1. The quantitative estimate of drug-likeness (QED) is 0.393. The van der Waals surface area contributed by atoms with E-state index in [2.05, 4.69) is 10.1 Å². The average molecular weight is 285 g/mol. The van der Waals surface area contributed by atoms with Crippen molar-refractivity contribution in [2.24, 2.45) is 10.9 Å². The Kier molecular flexibility index (Phi) is 3.74. The van der Waals surface area contributed by atoms with Crippen molar-refractivity contribution < 1.29 is 5.21 Å². The molecule has 0 atom stereocenters. The first-order valence-electron chi connectivity index (χ1n) is 5.05. The molecule has 0 aliphatic carbocycles. The third kappa shape index (κ3) is 2.57. The first-order chi connectivity index (χ1) is 8.61. The molecule has 0 fully saturated rings. The highest BCUT2D eigenvalue weighted by Crippen LogP contribution is 2.22. The molecule has 0 unspecified atom stereocenters. The Labute approximate surface area is 113 Å². The van der Waals surface area contributed by atoms with Gasteiger partial charge in [-0.2, -0.15) is 0 Å². The molecular weight excluding hydrogens is 275 g/mol. The molecule has 3 N–H and O–H groups in total. The maximum absolute atomic E-state index is 8.65. The van der Waals surface area contributed by atoms with Gasteiger partial charge in [-0.15, -0.1) is 0 Å². The molecule has 0 amide bonds. The molecule has 1 aromatic heterocycles. The molecule has 2 rings (SSSR count). The van der Waals surface area contributed by atoms with Crippen LogP contribution < -0.4 is 5.73 Å². The highest BCUT2D eigenvalue weighted by atomic mass is 35.5. The molecule has 0 saturated heterocycles. The predicted octanol–water partition coefficient (Wildman–Crippen LogP) is 2.33. The number of nitrogens with zero attached hydrogens (tertiary/aromatic N) is 3. The second-order valence-electron chi connectivity index (χ2n) is 3.60. The van der Waals surface area contributed by atoms with Crippen molar-refractivity contribution in [2.45, 2.75) is 6.54 Å². The van der Waals surface area contributed by atoms with Crippen LogP contribution in [-0.4, -0.2) is 20.6 Å². The minimum atomic E-state index is -0.0508. The number of hydrogen-bond acceptors (Lipinski definition) is 3. The number of oxime groups is 1. The lowest BCUT2D eigenvalue weighted by molar-refractivity contribution is 0.318. The lowest BCUT2D eigenvalue weighted by atomic mass is 10.2. The fraction of sp³-hybridized carbons (Fsp3) is 0.0909. The van der Waals surface area contributed by atoms with Crippen LogP contribution in [0.3, 0.4) is 0 Å². The molecule has 18 heavy (non-hydrogen) atoms. The molecule has 0 aliphatic heterocycles. The van der Waals surface area contributed by atoms with E-state index in [9.17, 15) is 0 Å². The van der Waals surface area contributed by atoms with Gasteiger partial charge in [0.2, 0.25) is 5.84 Å². The third-order valence-corrected chi connectivity index (χ3v) is 3.00. The predicted molar refractivity (Wildman–Crippen MR) is 70.3 cm³/mol. The van der Waals surface area contributed by atoms with Crippen molar-refractivity contribution in [1.29, 1.82) is 0 Å². The highest BCUT2D eigenvalue weighted by molar-refractivity contribution is 6.35. The van der Waals surface area contributed by atoms with Gasteiger partial charge in [0, 0.05) is 22.4 Å². The van der Waals surface area contributed by atoms with Crippen molar-refractivity contribution >= 4 is 29.0 Å². The monoisotopic (exact) mass is 284 g/mol. The Morgan fingerprint density at radius 1 is 1.44 bits per heavy atom. The second-order valence-corrected chi connectivity index (χ2v) is 4.44. The number of halogens is 2. The Morgan fingerprint density at radius 2 is 2.22 bits per heavy atom. The average Bonchev–Trinajstić information content (AvgIpc) is 2.80. The third-order valence-electron chi connectivity index (χ3n) is 2.41. The molecule has 0 saturated carbocycles. The maximum atomic E-state index is 8.65. The van der Waals surface area contributed by atoms with Crippen molar-refractivity contribution in [3.63, 3.8) is 0 Å². The number of amidine groups is 1.